The standard InChI is InChI=1S/C28H28Cl6/c1-10-19(11(2)24(30)16(7)23(10)29)22(20-12(3)25(31)17(8)26(32)13(20)4)21-14(5)27(33)18(9)28(34)15(21)6/h22H,1-9H3. The zero-order valence-electron chi connectivity index (χ0n) is 20.8. The summed E-state index contributed by atoms with van der Waals surface area (Å²) in [4.78, 5) is 0. The van der Waals surface area contributed by atoms with Crippen molar-refractivity contribution in [1.82, 2.24) is 0 Å². The van der Waals surface area contributed by atoms with Gasteiger partial charge in [-0.1, -0.05) is 69.6 Å². The van der Waals surface area contributed by atoms with Crippen LogP contribution in [-0.4, -0.2) is 0 Å². The largest absolute Gasteiger partial charge is 0.0837 e. The van der Waals surface area contributed by atoms with Crippen LogP contribution in [0.25, 0.3) is 0 Å². The molecular weight excluding hydrogens is 549 g/mol. The first-order chi connectivity index (χ1) is 15.7. The second-order valence-corrected chi connectivity index (χ2v) is 11.5. The molecule has 34 heavy (non-hydrogen) atoms. The van der Waals surface area contributed by atoms with Gasteiger partial charge in [0.25, 0.3) is 0 Å². The van der Waals surface area contributed by atoms with E-state index in [2.05, 4.69) is 0 Å². The van der Waals surface area contributed by atoms with Crippen molar-refractivity contribution in [2.24, 2.45) is 0 Å². The minimum atomic E-state index is -0.276. The summed E-state index contributed by atoms with van der Waals surface area (Å²) >= 11 is 41.0. The molecule has 0 saturated heterocycles. The average Bonchev–Trinajstić information content (AvgIpc) is 2.81. The summed E-state index contributed by atoms with van der Waals surface area (Å²) in [7, 11) is 0. The fraction of sp³-hybridized carbons (Fsp3) is 0.357. The summed E-state index contributed by atoms with van der Waals surface area (Å²) in [6, 6.07) is 0. The summed E-state index contributed by atoms with van der Waals surface area (Å²) < 4.78 is 0. The SMILES string of the molecule is Cc1c(Cl)c(C)c(C(c2c(C)c(Cl)c(C)c(Cl)c2C)c2c(C)c(Cl)c(C)c(Cl)c2C)c(C)c1Cl. The molecule has 0 N–H and O–H groups in total. The summed E-state index contributed by atoms with van der Waals surface area (Å²) in [5, 5.41) is 3.89. The Labute approximate surface area is 233 Å². The Morgan fingerprint density at radius 2 is 0.441 bits per heavy atom. The van der Waals surface area contributed by atoms with E-state index < -0.39 is 0 Å². The van der Waals surface area contributed by atoms with E-state index in [-0.39, 0.29) is 5.92 Å². The molecule has 0 spiro atoms. The van der Waals surface area contributed by atoms with Gasteiger partial charge < -0.3 is 0 Å². The van der Waals surface area contributed by atoms with Gasteiger partial charge in [0.1, 0.15) is 0 Å². The number of hydrogen-bond acceptors (Lipinski definition) is 0. The molecule has 0 saturated carbocycles. The fourth-order valence-corrected chi connectivity index (χ4v) is 6.58. The van der Waals surface area contributed by atoms with Crippen LogP contribution in [0.2, 0.25) is 30.1 Å². The Balaban J connectivity index is 2.68. The lowest BCUT2D eigenvalue weighted by Gasteiger charge is -2.32. The second-order valence-electron chi connectivity index (χ2n) is 9.18. The van der Waals surface area contributed by atoms with Crippen LogP contribution in [0, 0.1) is 62.3 Å². The van der Waals surface area contributed by atoms with E-state index in [1.54, 1.807) is 0 Å². The molecule has 0 nitrogen and oxygen atoms in total. The highest BCUT2D eigenvalue weighted by molar-refractivity contribution is 6.38. The van der Waals surface area contributed by atoms with E-state index >= 15 is 0 Å². The van der Waals surface area contributed by atoms with Crippen LogP contribution >= 0.6 is 69.6 Å². The van der Waals surface area contributed by atoms with Gasteiger partial charge in [-0.3, -0.25) is 0 Å². The topological polar surface area (TPSA) is 0 Å². The molecule has 0 fully saturated rings. The van der Waals surface area contributed by atoms with Gasteiger partial charge in [-0.25, -0.2) is 0 Å². The second kappa shape index (κ2) is 10.0. The minimum Gasteiger partial charge on any atom is -0.0837 e. The molecule has 0 heterocycles. The van der Waals surface area contributed by atoms with Gasteiger partial charge in [-0.2, -0.15) is 0 Å². The van der Waals surface area contributed by atoms with Crippen molar-refractivity contribution in [1.29, 1.82) is 0 Å². The van der Waals surface area contributed by atoms with Crippen molar-refractivity contribution in [3.63, 3.8) is 0 Å². The molecule has 0 amide bonds. The minimum absolute atomic E-state index is 0.276. The van der Waals surface area contributed by atoms with Crippen LogP contribution < -0.4 is 0 Å². The van der Waals surface area contributed by atoms with E-state index in [0.717, 1.165) is 66.8 Å². The molecule has 182 valence electrons. The Hall–Kier alpha value is -0.600. The molecule has 3 aromatic rings. The van der Waals surface area contributed by atoms with Crippen LogP contribution in [0.3, 0.4) is 0 Å². The Bertz CT molecular complexity index is 1100. The first kappa shape index (κ1) is 28.0. The first-order valence-corrected chi connectivity index (χ1v) is 13.3. The van der Waals surface area contributed by atoms with E-state index in [9.17, 15) is 0 Å². The molecule has 3 aromatic carbocycles. The van der Waals surface area contributed by atoms with Gasteiger partial charge in [0.05, 0.1) is 0 Å². The van der Waals surface area contributed by atoms with Crippen LogP contribution in [0.15, 0.2) is 0 Å². The monoisotopic (exact) mass is 574 g/mol. The highest BCUT2D eigenvalue weighted by Gasteiger charge is 2.33. The average molecular weight is 577 g/mol. The number of rotatable bonds is 3. The van der Waals surface area contributed by atoms with Crippen LogP contribution in [0.5, 0.6) is 0 Å². The lowest BCUT2D eigenvalue weighted by atomic mass is 9.74. The third-order valence-corrected chi connectivity index (χ3v) is 10.6. The summed E-state index contributed by atoms with van der Waals surface area (Å²) in [6.45, 7) is 18.0. The zero-order valence-corrected chi connectivity index (χ0v) is 25.4. The van der Waals surface area contributed by atoms with Crippen molar-refractivity contribution in [3.8, 4) is 0 Å². The van der Waals surface area contributed by atoms with Crippen LogP contribution in [0.1, 0.15) is 72.7 Å². The van der Waals surface area contributed by atoms with E-state index in [4.69, 9.17) is 69.6 Å². The van der Waals surface area contributed by atoms with Gasteiger partial charge in [0.15, 0.2) is 0 Å². The normalized spacial score (nSPS) is 11.6. The molecule has 0 unspecified atom stereocenters. The van der Waals surface area contributed by atoms with Gasteiger partial charge in [-0.05, 0) is 129 Å². The molecule has 0 aliphatic rings. The molecule has 0 aliphatic heterocycles. The highest BCUT2D eigenvalue weighted by atomic mass is 35.5. The Morgan fingerprint density at radius 1 is 0.294 bits per heavy atom. The van der Waals surface area contributed by atoms with Crippen molar-refractivity contribution in [2.45, 2.75) is 68.2 Å². The summed E-state index contributed by atoms with van der Waals surface area (Å²) in [6.07, 6.45) is 0. The van der Waals surface area contributed by atoms with Gasteiger partial charge in [0, 0.05) is 36.1 Å². The predicted molar refractivity (Wildman–Crippen MR) is 153 cm³/mol. The van der Waals surface area contributed by atoms with E-state index in [1.165, 1.54) is 0 Å². The van der Waals surface area contributed by atoms with E-state index in [0.29, 0.717) is 30.1 Å². The smallest absolute Gasteiger partial charge is 0.0482 e. The maximum Gasteiger partial charge on any atom is 0.0482 e. The predicted octanol–water partition coefficient (Wildman–Crippen LogP) is 11.6. The van der Waals surface area contributed by atoms with Gasteiger partial charge in [0.2, 0.25) is 0 Å². The summed E-state index contributed by atoms with van der Waals surface area (Å²) in [5.41, 5.74) is 11.4. The number of benzene rings is 3. The van der Waals surface area contributed by atoms with Crippen molar-refractivity contribution in [3.05, 3.63) is 96.9 Å². The van der Waals surface area contributed by atoms with Gasteiger partial charge >= 0.3 is 0 Å². The maximum absolute atomic E-state index is 6.83. The highest BCUT2D eigenvalue weighted by Crippen LogP contribution is 2.50. The molecule has 0 aromatic heterocycles. The third-order valence-electron chi connectivity index (χ3n) is 7.24. The first-order valence-electron chi connectivity index (χ1n) is 11.0. The molecule has 6 heteroatoms. The fourth-order valence-electron chi connectivity index (χ4n) is 5.26. The van der Waals surface area contributed by atoms with Crippen LogP contribution in [0.4, 0.5) is 0 Å². The molecule has 0 bridgehead atoms. The quantitative estimate of drug-likeness (QED) is 0.272. The van der Waals surface area contributed by atoms with E-state index in [1.807, 2.05) is 62.3 Å². The Kier molecular flexibility index (Phi) is 8.26. The number of hydrogen-bond donors (Lipinski definition) is 0. The van der Waals surface area contributed by atoms with Crippen molar-refractivity contribution < 1.29 is 0 Å². The lowest BCUT2D eigenvalue weighted by Crippen LogP contribution is -2.16. The third kappa shape index (κ3) is 4.17. The molecule has 0 aliphatic carbocycles. The zero-order chi connectivity index (χ0) is 26.0. The number of halogens is 6. The molecule has 3 rings (SSSR count). The Morgan fingerprint density at radius 3 is 0.588 bits per heavy atom. The molecule has 0 radical (unpaired) electrons. The maximum atomic E-state index is 6.83. The molecule has 0 atom stereocenters. The van der Waals surface area contributed by atoms with Crippen molar-refractivity contribution >= 4 is 69.6 Å². The van der Waals surface area contributed by atoms with Crippen LogP contribution in [-0.2, 0) is 0 Å². The lowest BCUT2D eigenvalue weighted by molar-refractivity contribution is 0.898. The molecular formula is C28H28Cl6. The summed E-state index contributed by atoms with van der Waals surface area (Å²) in [5.74, 6) is -0.276. The van der Waals surface area contributed by atoms with Gasteiger partial charge in [-0.15, -0.1) is 0 Å². The van der Waals surface area contributed by atoms with Crippen molar-refractivity contribution in [2.75, 3.05) is 0 Å².